The molecule has 5 nitrogen and oxygen atoms in total. The van der Waals surface area contributed by atoms with E-state index in [2.05, 4.69) is 22.8 Å². The second kappa shape index (κ2) is 6.25. The SMILES string of the molecule is CCCC(CC)NC(=O)C1=NNC(=O)CC1. The summed E-state index contributed by atoms with van der Waals surface area (Å²) in [7, 11) is 0. The Kier molecular flexibility index (Phi) is 4.95. The molecule has 5 heteroatoms. The van der Waals surface area contributed by atoms with Crippen molar-refractivity contribution < 1.29 is 9.59 Å². The van der Waals surface area contributed by atoms with E-state index in [-0.39, 0.29) is 17.9 Å². The molecule has 0 aromatic carbocycles. The van der Waals surface area contributed by atoms with Crippen LogP contribution in [0.5, 0.6) is 0 Å². The molecule has 2 N–H and O–H groups in total. The third-order valence-electron chi connectivity index (χ3n) is 2.63. The largest absolute Gasteiger partial charge is 0.348 e. The summed E-state index contributed by atoms with van der Waals surface area (Å²) in [5.74, 6) is -0.280. The molecule has 1 aliphatic rings. The normalized spacial score (nSPS) is 17.4. The van der Waals surface area contributed by atoms with E-state index in [0.717, 1.165) is 19.3 Å². The van der Waals surface area contributed by atoms with E-state index in [1.807, 2.05) is 6.92 Å². The minimum Gasteiger partial charge on any atom is -0.348 e. The van der Waals surface area contributed by atoms with Crippen LogP contribution in [0.25, 0.3) is 0 Å². The van der Waals surface area contributed by atoms with Crippen molar-refractivity contribution in [1.29, 1.82) is 0 Å². The zero-order chi connectivity index (χ0) is 12.0. The molecule has 0 aliphatic carbocycles. The van der Waals surface area contributed by atoms with Crippen molar-refractivity contribution in [3.63, 3.8) is 0 Å². The van der Waals surface area contributed by atoms with Crippen molar-refractivity contribution >= 4 is 17.5 Å². The van der Waals surface area contributed by atoms with Crippen LogP contribution >= 0.6 is 0 Å². The lowest BCUT2D eigenvalue weighted by Gasteiger charge is -2.18. The predicted molar refractivity (Wildman–Crippen MR) is 61.9 cm³/mol. The molecule has 2 amide bonds. The maximum Gasteiger partial charge on any atom is 0.267 e. The fraction of sp³-hybridized carbons (Fsp3) is 0.727. The summed E-state index contributed by atoms with van der Waals surface area (Å²) >= 11 is 0. The van der Waals surface area contributed by atoms with E-state index in [0.29, 0.717) is 18.6 Å². The number of hydrazone groups is 1. The Morgan fingerprint density at radius 2 is 2.25 bits per heavy atom. The van der Waals surface area contributed by atoms with Gasteiger partial charge in [0.1, 0.15) is 5.71 Å². The van der Waals surface area contributed by atoms with Crippen LogP contribution < -0.4 is 10.7 Å². The van der Waals surface area contributed by atoms with Crippen molar-refractivity contribution in [3.8, 4) is 0 Å². The lowest BCUT2D eigenvalue weighted by Crippen LogP contribution is -2.41. The Morgan fingerprint density at radius 1 is 1.50 bits per heavy atom. The number of carbonyl (C=O) groups excluding carboxylic acids is 2. The molecule has 1 unspecified atom stereocenters. The predicted octanol–water partition coefficient (Wildman–Crippen LogP) is 0.947. The van der Waals surface area contributed by atoms with Crippen LogP contribution in [-0.4, -0.2) is 23.6 Å². The number of rotatable bonds is 5. The molecule has 1 rings (SSSR count). The van der Waals surface area contributed by atoms with E-state index in [9.17, 15) is 9.59 Å². The van der Waals surface area contributed by atoms with Crippen LogP contribution in [0.1, 0.15) is 46.0 Å². The van der Waals surface area contributed by atoms with E-state index < -0.39 is 0 Å². The highest BCUT2D eigenvalue weighted by molar-refractivity contribution is 6.39. The maximum atomic E-state index is 11.8. The molecule has 1 aliphatic heterocycles. The van der Waals surface area contributed by atoms with Gasteiger partial charge in [-0.3, -0.25) is 9.59 Å². The van der Waals surface area contributed by atoms with Crippen molar-refractivity contribution in [3.05, 3.63) is 0 Å². The van der Waals surface area contributed by atoms with Crippen LogP contribution in [0.2, 0.25) is 0 Å². The van der Waals surface area contributed by atoms with Gasteiger partial charge in [0.2, 0.25) is 5.91 Å². The van der Waals surface area contributed by atoms with Gasteiger partial charge in [-0.2, -0.15) is 5.10 Å². The van der Waals surface area contributed by atoms with Crippen molar-refractivity contribution in [2.45, 2.75) is 52.0 Å². The summed E-state index contributed by atoms with van der Waals surface area (Å²) in [5, 5.41) is 6.69. The first-order chi connectivity index (χ1) is 7.67. The monoisotopic (exact) mass is 225 g/mol. The number of hydrogen-bond donors (Lipinski definition) is 2. The Labute approximate surface area is 95.7 Å². The van der Waals surface area contributed by atoms with Crippen molar-refractivity contribution in [1.82, 2.24) is 10.7 Å². The van der Waals surface area contributed by atoms with Crippen molar-refractivity contribution in [2.75, 3.05) is 0 Å². The molecule has 90 valence electrons. The average molecular weight is 225 g/mol. The maximum absolute atomic E-state index is 11.8. The number of amides is 2. The second-order valence-corrected chi connectivity index (χ2v) is 3.96. The van der Waals surface area contributed by atoms with Gasteiger partial charge in [0.15, 0.2) is 0 Å². The topological polar surface area (TPSA) is 70.6 Å². The van der Waals surface area contributed by atoms with E-state index in [1.54, 1.807) is 0 Å². The highest BCUT2D eigenvalue weighted by Crippen LogP contribution is 2.04. The molecule has 0 saturated carbocycles. The summed E-state index contributed by atoms with van der Waals surface area (Å²) in [6.07, 6.45) is 3.71. The van der Waals surface area contributed by atoms with Gasteiger partial charge in [-0.15, -0.1) is 0 Å². The number of nitrogens with one attached hydrogen (secondary N) is 2. The van der Waals surface area contributed by atoms with E-state index in [1.165, 1.54) is 0 Å². The Bertz CT molecular complexity index is 300. The van der Waals surface area contributed by atoms with Gasteiger partial charge in [0.25, 0.3) is 5.91 Å². The standard InChI is InChI=1S/C11H19N3O2/c1-3-5-8(4-2)12-11(16)9-6-7-10(15)14-13-9/h8H,3-7H2,1-2H3,(H,12,16)(H,14,15). The van der Waals surface area contributed by atoms with Gasteiger partial charge in [-0.25, -0.2) is 5.43 Å². The first-order valence-corrected chi connectivity index (χ1v) is 5.83. The highest BCUT2D eigenvalue weighted by Gasteiger charge is 2.19. The van der Waals surface area contributed by atoms with Crippen LogP contribution in [0.4, 0.5) is 0 Å². The first kappa shape index (κ1) is 12.7. The summed E-state index contributed by atoms with van der Waals surface area (Å²) in [6, 6.07) is 0.206. The van der Waals surface area contributed by atoms with Gasteiger partial charge in [0, 0.05) is 18.9 Å². The highest BCUT2D eigenvalue weighted by atomic mass is 16.2. The van der Waals surface area contributed by atoms with Gasteiger partial charge in [0.05, 0.1) is 0 Å². The van der Waals surface area contributed by atoms with Gasteiger partial charge < -0.3 is 5.32 Å². The minimum absolute atomic E-state index is 0.128. The van der Waals surface area contributed by atoms with Gasteiger partial charge >= 0.3 is 0 Å². The number of hydrogen-bond acceptors (Lipinski definition) is 3. The summed E-state index contributed by atoms with van der Waals surface area (Å²) in [4.78, 5) is 22.6. The van der Waals surface area contributed by atoms with Crippen LogP contribution in [0.3, 0.4) is 0 Å². The molecular weight excluding hydrogens is 206 g/mol. The molecule has 1 atom stereocenters. The molecule has 1 heterocycles. The lowest BCUT2D eigenvalue weighted by atomic mass is 10.1. The Balaban J connectivity index is 2.48. The van der Waals surface area contributed by atoms with Crippen LogP contribution in [0, 0.1) is 0 Å². The molecule has 0 aromatic rings. The van der Waals surface area contributed by atoms with Gasteiger partial charge in [-0.05, 0) is 12.8 Å². The van der Waals surface area contributed by atoms with Crippen LogP contribution in [-0.2, 0) is 9.59 Å². The molecule has 0 spiro atoms. The zero-order valence-electron chi connectivity index (χ0n) is 9.88. The quantitative estimate of drug-likeness (QED) is 0.731. The first-order valence-electron chi connectivity index (χ1n) is 5.83. The Hall–Kier alpha value is -1.39. The molecule has 0 saturated heterocycles. The van der Waals surface area contributed by atoms with Crippen molar-refractivity contribution in [2.24, 2.45) is 5.10 Å². The minimum atomic E-state index is -0.152. The summed E-state index contributed by atoms with van der Waals surface area (Å²) in [5.41, 5.74) is 2.75. The second-order valence-electron chi connectivity index (χ2n) is 3.96. The summed E-state index contributed by atoms with van der Waals surface area (Å²) < 4.78 is 0. The fourth-order valence-corrected chi connectivity index (χ4v) is 1.63. The smallest absolute Gasteiger partial charge is 0.267 e. The average Bonchev–Trinajstić information content (AvgIpc) is 2.29. The van der Waals surface area contributed by atoms with E-state index in [4.69, 9.17) is 0 Å². The Morgan fingerprint density at radius 3 is 2.75 bits per heavy atom. The third-order valence-corrected chi connectivity index (χ3v) is 2.63. The molecule has 0 fully saturated rings. The fourth-order valence-electron chi connectivity index (χ4n) is 1.63. The lowest BCUT2D eigenvalue weighted by molar-refractivity contribution is -0.121. The molecule has 0 radical (unpaired) electrons. The van der Waals surface area contributed by atoms with Gasteiger partial charge in [-0.1, -0.05) is 20.3 Å². The molecular formula is C11H19N3O2. The third kappa shape index (κ3) is 3.64. The number of nitrogens with zero attached hydrogens (tertiary/aromatic N) is 1. The summed E-state index contributed by atoms with van der Waals surface area (Å²) in [6.45, 7) is 4.14. The van der Waals surface area contributed by atoms with Crippen LogP contribution in [0.15, 0.2) is 5.10 Å². The van der Waals surface area contributed by atoms with E-state index >= 15 is 0 Å². The molecule has 0 bridgehead atoms. The number of carbonyl (C=O) groups is 2. The molecule has 16 heavy (non-hydrogen) atoms. The zero-order valence-corrected chi connectivity index (χ0v) is 9.88. The molecule has 0 aromatic heterocycles.